The SMILES string of the molecule is C=CC(=O)N(c1ccccc1)c1cccc(-c2cccc3cnc(Nc4ccc(O[C@@H]5CCN(C)C5)cc4)nc23)c1. The van der Waals surface area contributed by atoms with E-state index in [4.69, 9.17) is 9.72 Å². The van der Waals surface area contributed by atoms with E-state index in [1.165, 1.54) is 6.08 Å². The maximum Gasteiger partial charge on any atom is 0.254 e. The van der Waals surface area contributed by atoms with E-state index in [0.29, 0.717) is 5.95 Å². The molecule has 1 aliphatic heterocycles. The van der Waals surface area contributed by atoms with Gasteiger partial charge in [-0.3, -0.25) is 9.69 Å². The molecule has 5 aromatic rings. The molecule has 6 rings (SSSR count). The minimum absolute atomic E-state index is 0.202. The fourth-order valence-corrected chi connectivity index (χ4v) is 5.16. The molecule has 1 saturated heterocycles. The van der Waals surface area contributed by atoms with Crippen molar-refractivity contribution in [1.82, 2.24) is 14.9 Å². The van der Waals surface area contributed by atoms with Crippen LogP contribution in [0.4, 0.5) is 23.0 Å². The van der Waals surface area contributed by atoms with Crippen molar-refractivity contribution in [1.29, 1.82) is 0 Å². The highest BCUT2D eigenvalue weighted by Gasteiger charge is 2.21. The van der Waals surface area contributed by atoms with Gasteiger partial charge >= 0.3 is 0 Å². The van der Waals surface area contributed by atoms with Crippen molar-refractivity contribution in [2.24, 2.45) is 0 Å². The standard InChI is InChI=1S/C34H31N5O2/c1-3-32(40)39(27-11-5-4-6-12-27)28-13-7-9-24(21-28)31-14-8-10-25-22-35-34(37-33(25)31)36-26-15-17-29(18-16-26)41-30-19-20-38(2)23-30/h3-18,21-22,30H,1,19-20,23H2,2H3,(H,35,36,37)/t30-/m1/s1. The van der Waals surface area contributed by atoms with Crippen LogP contribution in [0.25, 0.3) is 22.0 Å². The van der Waals surface area contributed by atoms with Crippen LogP contribution < -0.4 is 15.0 Å². The lowest BCUT2D eigenvalue weighted by molar-refractivity contribution is -0.113. The number of likely N-dealkylation sites (N-methyl/N-ethyl adjacent to an activating group) is 1. The van der Waals surface area contributed by atoms with Crippen molar-refractivity contribution in [3.8, 4) is 16.9 Å². The van der Waals surface area contributed by atoms with E-state index in [2.05, 4.69) is 28.8 Å². The number of carbonyl (C=O) groups is 1. The van der Waals surface area contributed by atoms with E-state index in [1.807, 2.05) is 103 Å². The Morgan fingerprint density at radius 2 is 1.78 bits per heavy atom. The van der Waals surface area contributed by atoms with E-state index >= 15 is 0 Å². The first-order valence-electron chi connectivity index (χ1n) is 13.7. The van der Waals surface area contributed by atoms with Gasteiger partial charge in [-0.05, 0) is 73.6 Å². The van der Waals surface area contributed by atoms with Gasteiger partial charge in [-0.1, -0.05) is 55.1 Å². The first-order chi connectivity index (χ1) is 20.1. The quantitative estimate of drug-likeness (QED) is 0.214. The smallest absolute Gasteiger partial charge is 0.254 e. The summed E-state index contributed by atoms with van der Waals surface area (Å²) in [5.41, 5.74) is 5.09. The molecule has 1 atom stereocenters. The molecule has 0 saturated carbocycles. The van der Waals surface area contributed by atoms with Crippen LogP contribution in [0.2, 0.25) is 0 Å². The fraction of sp³-hybridized carbons (Fsp3) is 0.147. The number of carbonyl (C=O) groups excluding carboxylic acids is 1. The highest BCUT2D eigenvalue weighted by molar-refractivity contribution is 6.07. The Balaban J connectivity index is 1.28. The van der Waals surface area contributed by atoms with Gasteiger partial charge in [0.1, 0.15) is 11.9 Å². The number of para-hydroxylation sites is 2. The number of nitrogens with zero attached hydrogens (tertiary/aromatic N) is 4. The lowest BCUT2D eigenvalue weighted by Gasteiger charge is -2.22. The number of amides is 1. The van der Waals surface area contributed by atoms with Gasteiger partial charge in [0.05, 0.1) is 5.52 Å². The van der Waals surface area contributed by atoms with Crippen LogP contribution in [0.3, 0.4) is 0 Å². The van der Waals surface area contributed by atoms with Gasteiger partial charge < -0.3 is 15.0 Å². The molecule has 1 aliphatic rings. The average molecular weight is 542 g/mol. The fourth-order valence-electron chi connectivity index (χ4n) is 5.16. The van der Waals surface area contributed by atoms with Crippen LogP contribution in [0, 0.1) is 0 Å². The molecule has 204 valence electrons. The van der Waals surface area contributed by atoms with E-state index in [0.717, 1.165) is 64.4 Å². The molecule has 41 heavy (non-hydrogen) atoms. The summed E-state index contributed by atoms with van der Waals surface area (Å²) in [5, 5.41) is 4.25. The molecule has 1 N–H and O–H groups in total. The second-order valence-corrected chi connectivity index (χ2v) is 10.1. The van der Waals surface area contributed by atoms with Crippen molar-refractivity contribution in [2.45, 2.75) is 12.5 Å². The van der Waals surface area contributed by atoms with Gasteiger partial charge in [-0.25, -0.2) is 9.97 Å². The Morgan fingerprint density at radius 1 is 1.00 bits per heavy atom. The molecule has 0 aliphatic carbocycles. The summed E-state index contributed by atoms with van der Waals surface area (Å²) >= 11 is 0. The van der Waals surface area contributed by atoms with Crippen LogP contribution in [0.15, 0.2) is 116 Å². The third kappa shape index (κ3) is 5.81. The summed E-state index contributed by atoms with van der Waals surface area (Å²) < 4.78 is 6.12. The molecule has 1 aromatic heterocycles. The van der Waals surface area contributed by atoms with Gasteiger partial charge in [0.2, 0.25) is 5.95 Å². The van der Waals surface area contributed by atoms with E-state index in [9.17, 15) is 4.79 Å². The van der Waals surface area contributed by atoms with E-state index < -0.39 is 0 Å². The summed E-state index contributed by atoms with van der Waals surface area (Å²) in [6.07, 6.45) is 4.43. The van der Waals surface area contributed by atoms with Crippen LogP contribution in [0.5, 0.6) is 5.75 Å². The molecule has 1 amide bonds. The molecule has 4 aromatic carbocycles. The van der Waals surface area contributed by atoms with Crippen molar-refractivity contribution in [3.05, 3.63) is 116 Å². The minimum Gasteiger partial charge on any atom is -0.489 e. The third-order valence-corrected chi connectivity index (χ3v) is 7.20. The van der Waals surface area contributed by atoms with Crippen LogP contribution >= 0.6 is 0 Å². The second-order valence-electron chi connectivity index (χ2n) is 10.1. The molecule has 0 radical (unpaired) electrons. The molecule has 1 fully saturated rings. The number of fused-ring (bicyclic) bond motifs is 1. The van der Waals surface area contributed by atoms with Crippen molar-refractivity contribution < 1.29 is 9.53 Å². The topological polar surface area (TPSA) is 70.6 Å². The maximum atomic E-state index is 12.9. The lowest BCUT2D eigenvalue weighted by Crippen LogP contribution is -2.23. The van der Waals surface area contributed by atoms with E-state index in [-0.39, 0.29) is 12.0 Å². The third-order valence-electron chi connectivity index (χ3n) is 7.20. The Bertz CT molecular complexity index is 1690. The predicted octanol–water partition coefficient (Wildman–Crippen LogP) is 6.97. The van der Waals surface area contributed by atoms with Crippen LogP contribution in [-0.2, 0) is 4.79 Å². The zero-order valence-electron chi connectivity index (χ0n) is 22.9. The number of rotatable bonds is 8. The largest absolute Gasteiger partial charge is 0.489 e. The summed E-state index contributed by atoms with van der Waals surface area (Å²) in [7, 11) is 2.12. The Labute approximate surface area is 239 Å². The van der Waals surface area contributed by atoms with Crippen molar-refractivity contribution >= 4 is 39.8 Å². The zero-order valence-corrected chi connectivity index (χ0v) is 22.9. The first-order valence-corrected chi connectivity index (χ1v) is 13.7. The number of anilines is 4. The van der Waals surface area contributed by atoms with Crippen LogP contribution in [0.1, 0.15) is 6.42 Å². The molecule has 0 bridgehead atoms. The van der Waals surface area contributed by atoms with Crippen LogP contribution in [-0.4, -0.2) is 47.0 Å². The molecule has 7 heteroatoms. The summed E-state index contributed by atoms with van der Waals surface area (Å²) in [6.45, 7) is 5.72. The molecular weight excluding hydrogens is 510 g/mol. The van der Waals surface area contributed by atoms with E-state index in [1.54, 1.807) is 4.90 Å². The van der Waals surface area contributed by atoms with Crippen molar-refractivity contribution in [2.75, 3.05) is 30.4 Å². The molecule has 0 spiro atoms. The molecule has 2 heterocycles. The summed E-state index contributed by atoms with van der Waals surface area (Å²) in [4.78, 5) is 26.3. The highest BCUT2D eigenvalue weighted by atomic mass is 16.5. The minimum atomic E-state index is -0.202. The Hall–Kier alpha value is -5.01. The van der Waals surface area contributed by atoms with Gasteiger partial charge in [-0.2, -0.15) is 0 Å². The van der Waals surface area contributed by atoms with Gasteiger partial charge in [0.25, 0.3) is 5.91 Å². The summed E-state index contributed by atoms with van der Waals surface area (Å²) in [6, 6.07) is 31.4. The van der Waals surface area contributed by atoms with Gasteiger partial charge in [0, 0.05) is 47.3 Å². The number of nitrogens with one attached hydrogen (secondary N) is 1. The monoisotopic (exact) mass is 541 g/mol. The summed E-state index contributed by atoms with van der Waals surface area (Å²) in [5.74, 6) is 1.16. The van der Waals surface area contributed by atoms with Gasteiger partial charge in [-0.15, -0.1) is 0 Å². The number of ether oxygens (including phenoxy) is 1. The Kier molecular flexibility index (Phi) is 7.43. The lowest BCUT2D eigenvalue weighted by atomic mass is 10.0. The normalized spacial score (nSPS) is 15.0. The highest BCUT2D eigenvalue weighted by Crippen LogP contribution is 2.33. The second kappa shape index (κ2) is 11.6. The first kappa shape index (κ1) is 26.2. The number of hydrogen-bond acceptors (Lipinski definition) is 6. The predicted molar refractivity (Wildman–Crippen MR) is 165 cm³/mol. The number of likely N-dealkylation sites (tertiary alicyclic amines) is 1. The number of aromatic nitrogens is 2. The van der Waals surface area contributed by atoms with Crippen molar-refractivity contribution in [3.63, 3.8) is 0 Å². The molecular formula is C34H31N5O2. The molecule has 0 unspecified atom stereocenters. The average Bonchev–Trinajstić information content (AvgIpc) is 3.42. The maximum absolute atomic E-state index is 12.9. The van der Waals surface area contributed by atoms with Gasteiger partial charge in [0.15, 0.2) is 0 Å². The number of benzene rings is 4. The Morgan fingerprint density at radius 3 is 2.54 bits per heavy atom. The number of hydrogen-bond donors (Lipinski definition) is 1. The molecule has 7 nitrogen and oxygen atoms in total. The zero-order chi connectivity index (χ0) is 28.2.